The molecule has 0 aliphatic rings. The smallest absolute Gasteiger partial charge is 0.134 e. The van der Waals surface area contributed by atoms with Gasteiger partial charge >= 0.3 is 0 Å². The molecule has 1 N–H and O–H groups in total. The molecule has 0 spiro atoms. The fourth-order valence-corrected chi connectivity index (χ4v) is 2.00. The monoisotopic (exact) mass is 185 g/mol. The molecule has 0 atom stereocenters. The second kappa shape index (κ2) is 2.64. The zero-order valence-corrected chi connectivity index (χ0v) is 8.00. The molecule has 2 heterocycles. The summed E-state index contributed by atoms with van der Waals surface area (Å²) in [5, 5.41) is 2.51. The number of aromatic amines is 1. The van der Waals surface area contributed by atoms with Crippen LogP contribution in [0, 0.1) is 0 Å². The van der Waals surface area contributed by atoms with Crippen LogP contribution in [0.15, 0.2) is 35.1 Å². The Labute approximate surface area is 81.5 Å². The summed E-state index contributed by atoms with van der Waals surface area (Å²) in [4.78, 5) is 3.21. The van der Waals surface area contributed by atoms with E-state index in [1.54, 1.807) is 0 Å². The van der Waals surface area contributed by atoms with Crippen LogP contribution in [-0.4, -0.2) is 4.98 Å². The average molecular weight is 185 g/mol. The van der Waals surface area contributed by atoms with E-state index in [9.17, 15) is 0 Å². The van der Waals surface area contributed by atoms with Crippen molar-refractivity contribution in [2.75, 3.05) is 0 Å². The van der Waals surface area contributed by atoms with Gasteiger partial charge in [-0.3, -0.25) is 0 Å². The summed E-state index contributed by atoms with van der Waals surface area (Å²) in [7, 11) is 0. The summed E-state index contributed by atoms with van der Waals surface area (Å²) < 4.78 is 5.50. The van der Waals surface area contributed by atoms with Crippen LogP contribution in [0.2, 0.25) is 0 Å². The number of aryl methyl sites for hydroxylation is 1. The number of nitrogens with one attached hydrogen (secondary N) is 1. The molecule has 2 aromatic heterocycles. The minimum absolute atomic E-state index is 0.981. The topological polar surface area (TPSA) is 28.9 Å². The summed E-state index contributed by atoms with van der Waals surface area (Å²) in [6.07, 6.45) is 4.84. The van der Waals surface area contributed by atoms with E-state index >= 15 is 0 Å². The first kappa shape index (κ1) is 7.68. The highest BCUT2D eigenvalue weighted by molar-refractivity contribution is 6.06. The molecular formula is C12H11NO. The maximum absolute atomic E-state index is 5.50. The number of hydrogen-bond acceptors (Lipinski definition) is 1. The Bertz CT molecular complexity index is 588. The van der Waals surface area contributed by atoms with Crippen LogP contribution in [0.1, 0.15) is 12.5 Å². The first-order valence-corrected chi connectivity index (χ1v) is 4.86. The van der Waals surface area contributed by atoms with Gasteiger partial charge in [0.05, 0.1) is 6.26 Å². The summed E-state index contributed by atoms with van der Waals surface area (Å²) in [5.74, 6) is 0. The molecule has 0 saturated carbocycles. The van der Waals surface area contributed by atoms with E-state index in [-0.39, 0.29) is 0 Å². The SMILES string of the molecule is CCc1coc2ccc3[nH]ccc3c12. The van der Waals surface area contributed by atoms with E-state index in [1.807, 2.05) is 18.5 Å². The Kier molecular flexibility index (Phi) is 1.45. The lowest BCUT2D eigenvalue weighted by atomic mass is 10.1. The maximum Gasteiger partial charge on any atom is 0.134 e. The van der Waals surface area contributed by atoms with Crippen LogP contribution in [0.3, 0.4) is 0 Å². The molecule has 70 valence electrons. The number of hydrogen-bond donors (Lipinski definition) is 1. The summed E-state index contributed by atoms with van der Waals surface area (Å²) >= 11 is 0. The van der Waals surface area contributed by atoms with Crippen LogP contribution in [-0.2, 0) is 6.42 Å². The van der Waals surface area contributed by atoms with Gasteiger partial charge in [0.1, 0.15) is 5.58 Å². The van der Waals surface area contributed by atoms with Crippen LogP contribution in [0.5, 0.6) is 0 Å². The first-order chi connectivity index (χ1) is 6.90. The predicted molar refractivity (Wildman–Crippen MR) is 57.4 cm³/mol. The Balaban J connectivity index is 2.58. The van der Waals surface area contributed by atoms with Gasteiger partial charge in [0, 0.05) is 22.5 Å². The van der Waals surface area contributed by atoms with Gasteiger partial charge < -0.3 is 9.40 Å². The molecule has 0 saturated heterocycles. The van der Waals surface area contributed by atoms with E-state index in [4.69, 9.17) is 4.42 Å². The van der Waals surface area contributed by atoms with Crippen LogP contribution in [0.25, 0.3) is 21.9 Å². The number of fused-ring (bicyclic) bond motifs is 3. The van der Waals surface area contributed by atoms with Gasteiger partial charge in [-0.15, -0.1) is 0 Å². The van der Waals surface area contributed by atoms with Crippen molar-refractivity contribution in [2.24, 2.45) is 0 Å². The van der Waals surface area contributed by atoms with Gasteiger partial charge in [0.2, 0.25) is 0 Å². The number of aromatic nitrogens is 1. The molecule has 2 heteroatoms. The first-order valence-electron chi connectivity index (χ1n) is 4.86. The molecule has 0 fully saturated rings. The quantitative estimate of drug-likeness (QED) is 0.617. The zero-order chi connectivity index (χ0) is 9.54. The minimum Gasteiger partial charge on any atom is -0.464 e. The van der Waals surface area contributed by atoms with Crippen molar-refractivity contribution in [3.8, 4) is 0 Å². The molecule has 0 bridgehead atoms. The Morgan fingerprint density at radius 3 is 3.07 bits per heavy atom. The van der Waals surface area contributed by atoms with Crippen molar-refractivity contribution in [2.45, 2.75) is 13.3 Å². The van der Waals surface area contributed by atoms with Crippen molar-refractivity contribution in [3.63, 3.8) is 0 Å². The van der Waals surface area contributed by atoms with E-state index in [2.05, 4.69) is 24.0 Å². The maximum atomic E-state index is 5.50. The molecule has 3 aromatic rings. The fraction of sp³-hybridized carbons (Fsp3) is 0.167. The molecule has 1 aromatic carbocycles. The number of rotatable bonds is 1. The van der Waals surface area contributed by atoms with Crippen molar-refractivity contribution in [1.29, 1.82) is 0 Å². The van der Waals surface area contributed by atoms with Gasteiger partial charge in [0.25, 0.3) is 0 Å². The van der Waals surface area contributed by atoms with Gasteiger partial charge in [-0.05, 0) is 30.2 Å². The Morgan fingerprint density at radius 1 is 1.29 bits per heavy atom. The molecule has 0 aliphatic heterocycles. The third kappa shape index (κ3) is 0.854. The number of H-pyrrole nitrogens is 1. The molecule has 0 amide bonds. The average Bonchev–Trinajstić information content (AvgIpc) is 2.82. The van der Waals surface area contributed by atoms with Crippen molar-refractivity contribution < 1.29 is 4.42 Å². The van der Waals surface area contributed by atoms with Crippen LogP contribution >= 0.6 is 0 Å². The molecule has 0 unspecified atom stereocenters. The van der Waals surface area contributed by atoms with E-state index < -0.39 is 0 Å². The molecule has 2 nitrogen and oxygen atoms in total. The van der Waals surface area contributed by atoms with Crippen LogP contribution in [0.4, 0.5) is 0 Å². The predicted octanol–water partition coefficient (Wildman–Crippen LogP) is 3.48. The van der Waals surface area contributed by atoms with Gasteiger partial charge in [-0.25, -0.2) is 0 Å². The molecular weight excluding hydrogens is 174 g/mol. The van der Waals surface area contributed by atoms with Gasteiger partial charge in [0.15, 0.2) is 0 Å². The van der Waals surface area contributed by atoms with Crippen LogP contribution < -0.4 is 0 Å². The summed E-state index contributed by atoms with van der Waals surface area (Å²) in [5.41, 5.74) is 3.44. The van der Waals surface area contributed by atoms with Crippen molar-refractivity contribution >= 4 is 21.9 Å². The standard InChI is InChI=1S/C12H11NO/c1-2-8-7-14-11-4-3-10-9(12(8)11)5-6-13-10/h3-7,13H,2H2,1H3. The zero-order valence-electron chi connectivity index (χ0n) is 8.00. The van der Waals surface area contributed by atoms with E-state index in [0.29, 0.717) is 0 Å². The minimum atomic E-state index is 0.981. The van der Waals surface area contributed by atoms with Crippen molar-refractivity contribution in [1.82, 2.24) is 4.98 Å². The van der Waals surface area contributed by atoms with E-state index in [1.165, 1.54) is 21.9 Å². The summed E-state index contributed by atoms with van der Waals surface area (Å²) in [6.45, 7) is 2.15. The fourth-order valence-electron chi connectivity index (χ4n) is 2.00. The molecule has 0 aliphatic carbocycles. The van der Waals surface area contributed by atoms with E-state index in [0.717, 1.165) is 12.0 Å². The molecule has 3 rings (SSSR count). The molecule has 0 radical (unpaired) electrons. The highest BCUT2D eigenvalue weighted by atomic mass is 16.3. The Morgan fingerprint density at radius 2 is 2.21 bits per heavy atom. The highest BCUT2D eigenvalue weighted by Crippen LogP contribution is 2.29. The second-order valence-electron chi connectivity index (χ2n) is 3.49. The van der Waals surface area contributed by atoms with Gasteiger partial charge in [-0.1, -0.05) is 6.92 Å². The second-order valence-corrected chi connectivity index (χ2v) is 3.49. The third-order valence-electron chi connectivity index (χ3n) is 2.73. The summed E-state index contributed by atoms with van der Waals surface area (Å²) in [6, 6.07) is 6.18. The number of furan rings is 1. The lowest BCUT2D eigenvalue weighted by molar-refractivity contribution is 0.611. The third-order valence-corrected chi connectivity index (χ3v) is 2.73. The highest BCUT2D eigenvalue weighted by Gasteiger charge is 2.08. The lowest BCUT2D eigenvalue weighted by Gasteiger charge is -1.94. The van der Waals surface area contributed by atoms with Gasteiger partial charge in [-0.2, -0.15) is 0 Å². The Hall–Kier alpha value is -1.70. The largest absolute Gasteiger partial charge is 0.464 e. The normalized spacial score (nSPS) is 11.5. The lowest BCUT2D eigenvalue weighted by Crippen LogP contribution is -1.76. The number of benzene rings is 1. The van der Waals surface area contributed by atoms with Crippen molar-refractivity contribution in [3.05, 3.63) is 36.2 Å². The molecule has 14 heavy (non-hydrogen) atoms.